The number of urea groups is 1. The molecule has 1 saturated heterocycles. The first-order valence-corrected chi connectivity index (χ1v) is 7.17. The molecule has 6 nitrogen and oxygen atoms in total. The standard InChI is InChI=1S/C15H19FN2O4/c16-11-5-3-10(4-6-11)13-8-12(19)9-18(13)15(22)17-7-1-2-14(20)21/h3-6,12-13,19H,1-2,7-9H2,(H,17,22)(H,20,21). The minimum Gasteiger partial charge on any atom is -0.481 e. The summed E-state index contributed by atoms with van der Waals surface area (Å²) in [5.41, 5.74) is 0.763. The van der Waals surface area contributed by atoms with Gasteiger partial charge in [-0.05, 0) is 30.5 Å². The lowest BCUT2D eigenvalue weighted by atomic mass is 10.0. The summed E-state index contributed by atoms with van der Waals surface area (Å²) in [4.78, 5) is 24.1. The van der Waals surface area contributed by atoms with Crippen molar-refractivity contribution in [3.63, 3.8) is 0 Å². The number of β-amino-alcohol motifs (C(OH)–C–C–N with tert-alkyl or cyclic N) is 1. The fourth-order valence-corrected chi connectivity index (χ4v) is 2.58. The molecule has 2 atom stereocenters. The number of carboxylic acid groups (broad SMARTS) is 1. The van der Waals surface area contributed by atoms with Gasteiger partial charge in [0.15, 0.2) is 0 Å². The van der Waals surface area contributed by atoms with Crippen molar-refractivity contribution < 1.29 is 24.2 Å². The Morgan fingerprint density at radius 2 is 2.00 bits per heavy atom. The molecule has 22 heavy (non-hydrogen) atoms. The van der Waals surface area contributed by atoms with Gasteiger partial charge >= 0.3 is 12.0 Å². The van der Waals surface area contributed by atoms with Crippen LogP contribution in [0.2, 0.25) is 0 Å². The van der Waals surface area contributed by atoms with Crippen molar-refractivity contribution in [3.8, 4) is 0 Å². The first kappa shape index (κ1) is 16.2. The lowest BCUT2D eigenvalue weighted by Crippen LogP contribution is -2.40. The molecule has 1 fully saturated rings. The second-order valence-electron chi connectivity index (χ2n) is 5.34. The molecule has 0 aliphatic carbocycles. The van der Waals surface area contributed by atoms with Crippen LogP contribution in [0.15, 0.2) is 24.3 Å². The molecule has 2 unspecified atom stereocenters. The third-order valence-electron chi connectivity index (χ3n) is 3.64. The SMILES string of the molecule is O=C(O)CCCNC(=O)N1CC(O)CC1c1ccc(F)cc1. The summed E-state index contributed by atoms with van der Waals surface area (Å²) in [6.45, 7) is 0.459. The van der Waals surface area contributed by atoms with Crippen molar-refractivity contribution in [2.24, 2.45) is 0 Å². The number of hydrogen-bond donors (Lipinski definition) is 3. The van der Waals surface area contributed by atoms with Crippen LogP contribution in [0.25, 0.3) is 0 Å². The van der Waals surface area contributed by atoms with Crippen LogP contribution in [0, 0.1) is 5.82 Å². The van der Waals surface area contributed by atoms with Crippen molar-refractivity contribution in [3.05, 3.63) is 35.6 Å². The Hall–Kier alpha value is -2.15. The van der Waals surface area contributed by atoms with Crippen LogP contribution in [0.3, 0.4) is 0 Å². The molecule has 1 heterocycles. The molecule has 2 rings (SSSR count). The third kappa shape index (κ3) is 4.17. The molecule has 0 aromatic heterocycles. The topological polar surface area (TPSA) is 89.9 Å². The van der Waals surface area contributed by atoms with Crippen molar-refractivity contribution in [2.75, 3.05) is 13.1 Å². The molecule has 120 valence electrons. The predicted octanol–water partition coefficient (Wildman–Crippen LogP) is 1.51. The maximum Gasteiger partial charge on any atom is 0.318 e. The van der Waals surface area contributed by atoms with E-state index in [1.165, 1.54) is 17.0 Å². The number of aliphatic carboxylic acids is 1. The largest absolute Gasteiger partial charge is 0.481 e. The Labute approximate surface area is 127 Å². The van der Waals surface area contributed by atoms with Gasteiger partial charge in [-0.2, -0.15) is 0 Å². The van der Waals surface area contributed by atoms with E-state index in [1.807, 2.05) is 0 Å². The Morgan fingerprint density at radius 1 is 1.32 bits per heavy atom. The van der Waals surface area contributed by atoms with E-state index in [2.05, 4.69) is 5.32 Å². The number of halogens is 1. The van der Waals surface area contributed by atoms with E-state index < -0.39 is 12.1 Å². The van der Waals surface area contributed by atoms with E-state index in [-0.39, 0.29) is 37.4 Å². The van der Waals surface area contributed by atoms with Gasteiger partial charge in [0.25, 0.3) is 0 Å². The van der Waals surface area contributed by atoms with Crippen molar-refractivity contribution in [1.29, 1.82) is 0 Å². The van der Waals surface area contributed by atoms with E-state index in [0.29, 0.717) is 12.8 Å². The normalized spacial score (nSPS) is 20.9. The maximum atomic E-state index is 13.0. The van der Waals surface area contributed by atoms with Gasteiger partial charge in [-0.1, -0.05) is 12.1 Å². The Bertz CT molecular complexity index is 535. The van der Waals surface area contributed by atoms with Crippen LogP contribution in [0.5, 0.6) is 0 Å². The summed E-state index contributed by atoms with van der Waals surface area (Å²) in [6, 6.07) is 5.18. The number of likely N-dealkylation sites (tertiary alicyclic amines) is 1. The molecule has 0 radical (unpaired) electrons. The zero-order valence-electron chi connectivity index (χ0n) is 12.0. The lowest BCUT2D eigenvalue weighted by Gasteiger charge is -2.25. The van der Waals surface area contributed by atoms with E-state index in [0.717, 1.165) is 5.56 Å². The van der Waals surface area contributed by atoms with E-state index in [4.69, 9.17) is 5.11 Å². The number of nitrogens with one attached hydrogen (secondary N) is 1. The highest BCUT2D eigenvalue weighted by Gasteiger charge is 2.35. The Balaban J connectivity index is 1.96. The van der Waals surface area contributed by atoms with Crippen LogP contribution in [0.4, 0.5) is 9.18 Å². The van der Waals surface area contributed by atoms with E-state index in [9.17, 15) is 19.1 Å². The minimum absolute atomic E-state index is 0.00963. The molecule has 0 bridgehead atoms. The van der Waals surface area contributed by atoms with Crippen LogP contribution in [-0.4, -0.2) is 46.3 Å². The number of hydrogen-bond acceptors (Lipinski definition) is 3. The number of amides is 2. The summed E-state index contributed by atoms with van der Waals surface area (Å²) >= 11 is 0. The Morgan fingerprint density at radius 3 is 2.64 bits per heavy atom. The predicted molar refractivity (Wildman–Crippen MR) is 76.7 cm³/mol. The smallest absolute Gasteiger partial charge is 0.318 e. The molecule has 1 aliphatic heterocycles. The number of benzene rings is 1. The molecule has 1 aliphatic rings. The maximum absolute atomic E-state index is 13.0. The van der Waals surface area contributed by atoms with Crippen LogP contribution < -0.4 is 5.32 Å². The average molecular weight is 310 g/mol. The zero-order valence-corrected chi connectivity index (χ0v) is 12.0. The van der Waals surface area contributed by atoms with Gasteiger partial charge in [-0.15, -0.1) is 0 Å². The third-order valence-corrected chi connectivity index (χ3v) is 3.64. The van der Waals surface area contributed by atoms with Crippen molar-refractivity contribution in [2.45, 2.75) is 31.4 Å². The highest BCUT2D eigenvalue weighted by atomic mass is 19.1. The van der Waals surface area contributed by atoms with Gasteiger partial charge in [0.05, 0.1) is 12.1 Å². The molecule has 2 amide bonds. The first-order valence-electron chi connectivity index (χ1n) is 7.17. The van der Waals surface area contributed by atoms with Gasteiger partial charge in [0.1, 0.15) is 5.82 Å². The van der Waals surface area contributed by atoms with Gasteiger partial charge in [0, 0.05) is 19.5 Å². The number of carbonyl (C=O) groups excluding carboxylic acids is 1. The van der Waals surface area contributed by atoms with Crippen LogP contribution in [0.1, 0.15) is 30.9 Å². The van der Waals surface area contributed by atoms with Crippen molar-refractivity contribution in [1.82, 2.24) is 10.2 Å². The summed E-state index contributed by atoms with van der Waals surface area (Å²) in [5.74, 6) is -1.26. The number of rotatable bonds is 5. The summed E-state index contributed by atoms with van der Waals surface area (Å²) in [5, 5.41) is 21.0. The molecule has 0 saturated carbocycles. The van der Waals surface area contributed by atoms with Gasteiger partial charge < -0.3 is 20.4 Å². The highest BCUT2D eigenvalue weighted by Crippen LogP contribution is 2.32. The summed E-state index contributed by atoms with van der Waals surface area (Å²) < 4.78 is 13.0. The minimum atomic E-state index is -0.907. The van der Waals surface area contributed by atoms with Gasteiger partial charge in [-0.3, -0.25) is 4.79 Å². The Kier molecular flexibility index (Phi) is 5.32. The van der Waals surface area contributed by atoms with Gasteiger partial charge in [0.2, 0.25) is 0 Å². The molecule has 0 spiro atoms. The quantitative estimate of drug-likeness (QED) is 0.719. The number of carbonyl (C=O) groups is 2. The fraction of sp³-hybridized carbons (Fsp3) is 0.467. The first-order chi connectivity index (χ1) is 10.5. The van der Waals surface area contributed by atoms with E-state index in [1.54, 1.807) is 12.1 Å². The second kappa shape index (κ2) is 7.22. The number of nitrogens with zero attached hydrogens (tertiary/aromatic N) is 1. The number of aliphatic hydroxyl groups is 1. The average Bonchev–Trinajstić information content (AvgIpc) is 2.86. The van der Waals surface area contributed by atoms with Crippen LogP contribution >= 0.6 is 0 Å². The van der Waals surface area contributed by atoms with Crippen molar-refractivity contribution >= 4 is 12.0 Å². The second-order valence-corrected chi connectivity index (χ2v) is 5.34. The zero-order chi connectivity index (χ0) is 16.1. The van der Waals surface area contributed by atoms with E-state index >= 15 is 0 Å². The molecular weight excluding hydrogens is 291 g/mol. The van der Waals surface area contributed by atoms with Crippen LogP contribution in [-0.2, 0) is 4.79 Å². The lowest BCUT2D eigenvalue weighted by molar-refractivity contribution is -0.137. The molecular formula is C15H19FN2O4. The summed E-state index contributed by atoms with van der Waals surface area (Å²) in [6.07, 6.45) is 0.108. The molecule has 7 heteroatoms. The molecule has 3 N–H and O–H groups in total. The monoisotopic (exact) mass is 310 g/mol. The molecule has 1 aromatic rings. The summed E-state index contributed by atoms with van der Waals surface area (Å²) in [7, 11) is 0. The number of carboxylic acids is 1. The highest BCUT2D eigenvalue weighted by molar-refractivity contribution is 5.75. The fourth-order valence-electron chi connectivity index (χ4n) is 2.58. The number of aliphatic hydroxyl groups excluding tert-OH is 1. The van der Waals surface area contributed by atoms with Gasteiger partial charge in [-0.25, -0.2) is 9.18 Å². The molecule has 1 aromatic carbocycles.